The molecule has 1 saturated carbocycles. The molecule has 1 aromatic carbocycles. The van der Waals surface area contributed by atoms with E-state index in [2.05, 4.69) is 5.32 Å². The van der Waals surface area contributed by atoms with Crippen LogP contribution in [0.25, 0.3) is 0 Å². The molecule has 0 radical (unpaired) electrons. The fourth-order valence-electron chi connectivity index (χ4n) is 1.66. The highest BCUT2D eigenvalue weighted by atomic mass is 19.1. The van der Waals surface area contributed by atoms with Gasteiger partial charge < -0.3 is 10.1 Å². The van der Waals surface area contributed by atoms with Crippen LogP contribution in [0.15, 0.2) is 18.2 Å². The molecule has 1 aromatic rings. The average Bonchev–Trinajstić information content (AvgIpc) is 2.98. The Morgan fingerprint density at radius 3 is 2.81 bits per heavy atom. The molecule has 0 saturated heterocycles. The molecule has 0 bridgehead atoms. The van der Waals surface area contributed by atoms with Crippen molar-refractivity contribution in [1.82, 2.24) is 0 Å². The summed E-state index contributed by atoms with van der Waals surface area (Å²) >= 11 is 0. The van der Waals surface area contributed by atoms with E-state index in [1.165, 1.54) is 25.3 Å². The Morgan fingerprint density at radius 1 is 1.56 bits per heavy atom. The van der Waals surface area contributed by atoms with Crippen molar-refractivity contribution < 1.29 is 13.9 Å². The van der Waals surface area contributed by atoms with E-state index in [9.17, 15) is 9.18 Å². The summed E-state index contributed by atoms with van der Waals surface area (Å²) in [6.45, 7) is 2.04. The third-order valence-corrected chi connectivity index (χ3v) is 2.86. The molecule has 0 heterocycles. The molecule has 1 aliphatic carbocycles. The number of hydrogen-bond acceptors (Lipinski definition) is 2. The van der Waals surface area contributed by atoms with Crippen molar-refractivity contribution in [3.05, 3.63) is 24.0 Å². The number of carbonyl (C=O) groups is 1. The van der Waals surface area contributed by atoms with Crippen molar-refractivity contribution in [2.45, 2.75) is 13.3 Å². The van der Waals surface area contributed by atoms with E-state index in [1.807, 2.05) is 6.92 Å². The Kier molecular flexibility index (Phi) is 2.81. The third-order valence-electron chi connectivity index (χ3n) is 2.86. The maximum absolute atomic E-state index is 13.1. The first-order valence-electron chi connectivity index (χ1n) is 5.26. The van der Waals surface area contributed by atoms with Crippen LogP contribution in [0.5, 0.6) is 5.75 Å². The zero-order chi connectivity index (χ0) is 11.7. The van der Waals surface area contributed by atoms with Gasteiger partial charge in [0.25, 0.3) is 0 Å². The third kappa shape index (κ3) is 2.15. The van der Waals surface area contributed by atoms with Gasteiger partial charge in [0.15, 0.2) is 11.6 Å². The molecule has 0 aliphatic heterocycles. The molecule has 86 valence electrons. The molecule has 1 N–H and O–H groups in total. The predicted molar refractivity (Wildman–Crippen MR) is 58.9 cm³/mol. The number of benzene rings is 1. The van der Waals surface area contributed by atoms with Crippen molar-refractivity contribution in [3.63, 3.8) is 0 Å². The average molecular weight is 223 g/mol. The van der Waals surface area contributed by atoms with Gasteiger partial charge in [0.05, 0.1) is 7.11 Å². The summed E-state index contributed by atoms with van der Waals surface area (Å²) in [4.78, 5) is 11.6. The normalized spacial score (nSPS) is 22.7. The molecule has 3 nitrogen and oxygen atoms in total. The topological polar surface area (TPSA) is 38.3 Å². The zero-order valence-corrected chi connectivity index (χ0v) is 9.29. The number of halogens is 1. The minimum atomic E-state index is -0.430. The van der Waals surface area contributed by atoms with E-state index in [-0.39, 0.29) is 17.6 Å². The van der Waals surface area contributed by atoms with Gasteiger partial charge >= 0.3 is 0 Å². The number of amides is 1. The largest absolute Gasteiger partial charge is 0.494 e. The fourth-order valence-corrected chi connectivity index (χ4v) is 1.66. The highest BCUT2D eigenvalue weighted by Gasteiger charge is 2.39. The second-order valence-electron chi connectivity index (χ2n) is 4.16. The number of methoxy groups -OCH3 is 1. The summed E-state index contributed by atoms with van der Waals surface area (Å²) in [5.41, 5.74) is 0.572. The van der Waals surface area contributed by atoms with Crippen LogP contribution < -0.4 is 10.1 Å². The zero-order valence-electron chi connectivity index (χ0n) is 9.29. The van der Waals surface area contributed by atoms with E-state index in [0.29, 0.717) is 11.6 Å². The Labute approximate surface area is 93.6 Å². The lowest BCUT2D eigenvalue weighted by molar-refractivity contribution is -0.117. The molecular formula is C12H14FNO2. The van der Waals surface area contributed by atoms with Crippen LogP contribution in [0.4, 0.5) is 10.1 Å². The van der Waals surface area contributed by atoms with Crippen molar-refractivity contribution in [1.29, 1.82) is 0 Å². The van der Waals surface area contributed by atoms with E-state index < -0.39 is 5.82 Å². The van der Waals surface area contributed by atoms with Gasteiger partial charge in [0.2, 0.25) is 5.91 Å². The maximum Gasteiger partial charge on any atom is 0.227 e. The van der Waals surface area contributed by atoms with Gasteiger partial charge in [-0.2, -0.15) is 0 Å². The van der Waals surface area contributed by atoms with Crippen LogP contribution in [0.3, 0.4) is 0 Å². The van der Waals surface area contributed by atoms with E-state index in [4.69, 9.17) is 4.74 Å². The monoisotopic (exact) mass is 223 g/mol. The first-order valence-corrected chi connectivity index (χ1v) is 5.26. The van der Waals surface area contributed by atoms with Crippen molar-refractivity contribution in [3.8, 4) is 5.75 Å². The minimum absolute atomic E-state index is 0.00108. The molecule has 0 unspecified atom stereocenters. The lowest BCUT2D eigenvalue weighted by Crippen LogP contribution is -2.14. The van der Waals surface area contributed by atoms with Gasteiger partial charge in [-0.1, -0.05) is 6.92 Å². The molecular weight excluding hydrogens is 209 g/mol. The molecule has 1 aliphatic rings. The predicted octanol–water partition coefficient (Wildman–Crippen LogP) is 2.43. The van der Waals surface area contributed by atoms with Gasteiger partial charge in [0.1, 0.15) is 0 Å². The summed E-state index contributed by atoms with van der Waals surface area (Å²) in [6, 6.07) is 4.30. The summed E-state index contributed by atoms with van der Waals surface area (Å²) in [7, 11) is 1.40. The van der Waals surface area contributed by atoms with Crippen LogP contribution in [-0.4, -0.2) is 13.0 Å². The van der Waals surface area contributed by atoms with Gasteiger partial charge in [-0.3, -0.25) is 4.79 Å². The first-order chi connectivity index (χ1) is 7.61. The van der Waals surface area contributed by atoms with Gasteiger partial charge in [-0.15, -0.1) is 0 Å². The van der Waals surface area contributed by atoms with Crippen LogP contribution in [0, 0.1) is 17.7 Å². The fraction of sp³-hybridized carbons (Fsp3) is 0.417. The summed E-state index contributed by atoms with van der Waals surface area (Å²) in [5, 5.41) is 2.75. The van der Waals surface area contributed by atoms with Crippen LogP contribution in [0.2, 0.25) is 0 Å². The van der Waals surface area contributed by atoms with Gasteiger partial charge in [-0.25, -0.2) is 4.39 Å². The second kappa shape index (κ2) is 4.12. The molecule has 2 atom stereocenters. The maximum atomic E-state index is 13.1. The number of carbonyl (C=O) groups excluding carboxylic acids is 1. The number of rotatable bonds is 3. The molecule has 0 spiro atoms. The number of anilines is 1. The van der Waals surface area contributed by atoms with Crippen LogP contribution in [-0.2, 0) is 4.79 Å². The quantitative estimate of drug-likeness (QED) is 0.854. The smallest absolute Gasteiger partial charge is 0.227 e. The molecule has 1 fully saturated rings. The van der Waals surface area contributed by atoms with Crippen LogP contribution in [0.1, 0.15) is 13.3 Å². The Bertz CT molecular complexity index is 419. The Balaban J connectivity index is 2.07. The van der Waals surface area contributed by atoms with Crippen molar-refractivity contribution in [2.24, 2.45) is 11.8 Å². The van der Waals surface area contributed by atoms with E-state index in [0.717, 1.165) is 6.42 Å². The summed E-state index contributed by atoms with van der Waals surface area (Å²) in [5.74, 6) is 0.279. The molecule has 2 rings (SSSR count). The lowest BCUT2D eigenvalue weighted by Gasteiger charge is -2.07. The Morgan fingerprint density at radius 2 is 2.25 bits per heavy atom. The van der Waals surface area contributed by atoms with E-state index in [1.54, 1.807) is 0 Å². The van der Waals surface area contributed by atoms with Gasteiger partial charge in [0, 0.05) is 17.7 Å². The highest BCUT2D eigenvalue weighted by molar-refractivity contribution is 5.94. The van der Waals surface area contributed by atoms with Crippen molar-refractivity contribution >= 4 is 11.6 Å². The molecule has 0 aromatic heterocycles. The first kappa shape index (κ1) is 10.9. The SMILES string of the molecule is COc1cc(NC(=O)[C@@H]2C[C@@H]2C)ccc1F. The lowest BCUT2D eigenvalue weighted by atomic mass is 10.2. The molecule has 16 heavy (non-hydrogen) atoms. The molecule has 4 heteroatoms. The van der Waals surface area contributed by atoms with E-state index >= 15 is 0 Å². The van der Waals surface area contributed by atoms with Crippen molar-refractivity contribution in [2.75, 3.05) is 12.4 Å². The molecule has 1 amide bonds. The number of ether oxygens (including phenoxy) is 1. The standard InChI is InChI=1S/C12H14FNO2/c1-7-5-9(7)12(15)14-8-3-4-10(13)11(6-8)16-2/h3-4,6-7,9H,5H2,1-2H3,(H,14,15)/t7-,9+/m0/s1. The summed E-state index contributed by atoms with van der Waals surface area (Å²) < 4.78 is 17.9. The summed E-state index contributed by atoms with van der Waals surface area (Å²) in [6.07, 6.45) is 0.935. The Hall–Kier alpha value is -1.58. The minimum Gasteiger partial charge on any atom is -0.494 e. The van der Waals surface area contributed by atoms with Gasteiger partial charge in [-0.05, 0) is 24.5 Å². The van der Waals surface area contributed by atoms with Crippen LogP contribution >= 0.6 is 0 Å². The highest BCUT2D eigenvalue weighted by Crippen LogP contribution is 2.38. The number of hydrogen-bond donors (Lipinski definition) is 1. The number of nitrogens with one attached hydrogen (secondary N) is 1. The second-order valence-corrected chi connectivity index (χ2v) is 4.16.